The molecule has 12 nitrogen and oxygen atoms in total. The molecule has 0 fully saturated rings. The number of nitrogens with zero attached hydrogens (tertiary/aromatic N) is 2. The molecule has 8 bridgehead atoms. The van der Waals surface area contributed by atoms with Crippen LogP contribution in [0.5, 0.6) is 23.0 Å². The van der Waals surface area contributed by atoms with E-state index < -0.39 is 9.85 Å². The molecule has 0 unspecified atom stereocenters. The molecule has 1 aliphatic heterocycles. The Bertz CT molecular complexity index is 2800. The van der Waals surface area contributed by atoms with Gasteiger partial charge in [-0.05, 0) is 120 Å². The molecule has 4 N–H and O–H groups in total. The van der Waals surface area contributed by atoms with Gasteiger partial charge in [0.25, 0.3) is 11.4 Å². The summed E-state index contributed by atoms with van der Waals surface area (Å²) >= 11 is 0. The van der Waals surface area contributed by atoms with Crippen LogP contribution in [0, 0.1) is 20.2 Å². The minimum atomic E-state index is -0.439. The van der Waals surface area contributed by atoms with Gasteiger partial charge in [-0.25, -0.2) is 0 Å². The summed E-state index contributed by atoms with van der Waals surface area (Å²) in [6.07, 6.45) is 4.12. The number of rotatable bonds is 8. The first-order valence-corrected chi connectivity index (χ1v) is 17.6. The fourth-order valence-electron chi connectivity index (χ4n) is 6.74. The van der Waals surface area contributed by atoms with Gasteiger partial charge in [0.15, 0.2) is 0 Å². The van der Waals surface area contributed by atoms with Crippen LogP contribution in [0.25, 0.3) is 23.3 Å². The zero-order valence-electron chi connectivity index (χ0n) is 29.4. The molecule has 4 aromatic carbocycles. The average molecular weight is 739 g/mol. The number of ether oxygens (including phenoxy) is 2. The minimum Gasteiger partial charge on any atom is -0.457 e. The highest BCUT2D eigenvalue weighted by Gasteiger charge is 2.14. The summed E-state index contributed by atoms with van der Waals surface area (Å²) in [6, 6.07) is 43.9. The van der Waals surface area contributed by atoms with Crippen molar-refractivity contribution >= 4 is 34.7 Å². The standard InChI is InChI=1S/C44H30N6O6/c51-49(52)33-9-17-37(18-10-33)55-35-13-1-27(2-14-35)43-39-21-5-29(45-39)25-31-7-23-41(47-31)44(42-24-8-32(48-42)26-30-6-22-40(43)46-30)28-3-15-36(16-4-28)56-38-19-11-34(12-20-38)50(53)54/h1-26,45-48H. The third-order valence-corrected chi connectivity index (χ3v) is 9.39. The van der Waals surface area contributed by atoms with E-state index in [1.165, 1.54) is 24.3 Å². The van der Waals surface area contributed by atoms with Gasteiger partial charge in [-0.15, -0.1) is 0 Å². The van der Waals surface area contributed by atoms with E-state index in [0.29, 0.717) is 23.0 Å². The Balaban J connectivity index is 1.07. The van der Waals surface area contributed by atoms with Crippen molar-refractivity contribution in [2.45, 2.75) is 0 Å². The van der Waals surface area contributed by atoms with E-state index in [9.17, 15) is 20.2 Å². The first kappa shape index (κ1) is 33.7. The molecule has 272 valence electrons. The van der Waals surface area contributed by atoms with Gasteiger partial charge in [0.2, 0.25) is 0 Å². The number of fused-ring (bicyclic) bond motifs is 8. The Morgan fingerprint density at radius 3 is 1.11 bits per heavy atom. The largest absolute Gasteiger partial charge is 0.457 e. The number of H-pyrrole nitrogens is 4. The van der Waals surface area contributed by atoms with E-state index in [2.05, 4.69) is 56.4 Å². The van der Waals surface area contributed by atoms with E-state index in [0.717, 1.165) is 66.4 Å². The lowest BCUT2D eigenvalue weighted by molar-refractivity contribution is -0.385. The van der Waals surface area contributed by atoms with E-state index in [1.807, 2.05) is 72.8 Å². The van der Waals surface area contributed by atoms with Crippen LogP contribution in [0.3, 0.4) is 0 Å². The molecule has 0 amide bonds. The fraction of sp³-hybridized carbons (Fsp3) is 0. The van der Waals surface area contributed by atoms with E-state index in [1.54, 1.807) is 24.3 Å². The monoisotopic (exact) mass is 738 g/mol. The quantitative estimate of drug-likeness (QED) is 0.0981. The second-order valence-corrected chi connectivity index (χ2v) is 13.1. The minimum absolute atomic E-state index is 0.00328. The van der Waals surface area contributed by atoms with Crippen LogP contribution in [0.4, 0.5) is 11.4 Å². The third-order valence-electron chi connectivity index (χ3n) is 9.39. The van der Waals surface area contributed by atoms with Crippen LogP contribution >= 0.6 is 0 Å². The van der Waals surface area contributed by atoms with Crippen molar-refractivity contribution in [1.82, 2.24) is 19.9 Å². The van der Waals surface area contributed by atoms with E-state index in [-0.39, 0.29) is 11.4 Å². The third kappa shape index (κ3) is 6.88. The van der Waals surface area contributed by atoms with Crippen molar-refractivity contribution in [3.05, 3.63) is 221 Å². The number of aromatic amines is 4. The Kier molecular flexibility index (Phi) is 8.44. The topological polar surface area (TPSA) is 168 Å². The van der Waals surface area contributed by atoms with Crippen LogP contribution in [-0.2, 0) is 0 Å². The Labute approximate surface area is 317 Å². The van der Waals surface area contributed by atoms with E-state index in [4.69, 9.17) is 9.47 Å². The maximum atomic E-state index is 11.0. The predicted molar refractivity (Wildman–Crippen MR) is 211 cm³/mol. The summed E-state index contributed by atoms with van der Waals surface area (Å²) in [6.45, 7) is 0. The van der Waals surface area contributed by atoms with Gasteiger partial charge in [0.1, 0.15) is 23.0 Å². The van der Waals surface area contributed by atoms with Gasteiger partial charge in [0, 0.05) is 79.6 Å². The molecule has 0 saturated carbocycles. The van der Waals surface area contributed by atoms with Gasteiger partial charge >= 0.3 is 0 Å². The van der Waals surface area contributed by atoms with E-state index >= 15 is 0 Å². The number of non-ortho nitro benzene ring substituents is 2. The van der Waals surface area contributed by atoms with Crippen LogP contribution in [0.15, 0.2) is 146 Å². The number of nitrogens with one attached hydrogen (secondary N) is 4. The summed E-state index contributed by atoms with van der Waals surface area (Å²) in [5, 5.41) is 25.7. The van der Waals surface area contributed by atoms with Gasteiger partial charge in [-0.3, -0.25) is 20.2 Å². The average Bonchev–Trinajstić information content (AvgIpc) is 4.04. The maximum Gasteiger partial charge on any atom is 0.269 e. The number of benzene rings is 4. The molecule has 0 atom stereocenters. The van der Waals surface area contributed by atoms with Crippen molar-refractivity contribution in [3.63, 3.8) is 0 Å². The summed E-state index contributed by atoms with van der Waals surface area (Å²) in [4.78, 5) is 35.6. The molecule has 0 saturated heterocycles. The smallest absolute Gasteiger partial charge is 0.269 e. The Morgan fingerprint density at radius 2 is 0.750 bits per heavy atom. The SMILES string of the molecule is O=[N+]([O-])c1ccc(Oc2ccc(C3=c4ccc([nH]4)=Cc4ccc([nH]4)C(c4ccc(Oc5ccc([N+](=O)[O-])cc5)cc4)=c4ccc([nH]4)=Cc4ccc3[nH]4)cc2)cc1. The number of hydrogen-bond donors (Lipinski definition) is 4. The summed E-state index contributed by atoms with van der Waals surface area (Å²) in [5.74, 6) is 2.21. The number of nitro groups is 2. The molecule has 0 aliphatic carbocycles. The van der Waals surface area contributed by atoms with Gasteiger partial charge < -0.3 is 29.4 Å². The summed E-state index contributed by atoms with van der Waals surface area (Å²) in [7, 11) is 0. The Morgan fingerprint density at radius 1 is 0.393 bits per heavy atom. The zero-order chi connectivity index (χ0) is 38.2. The normalized spacial score (nSPS) is 12.1. The lowest BCUT2D eigenvalue weighted by atomic mass is 10.0. The molecule has 4 aromatic heterocycles. The van der Waals surface area contributed by atoms with Gasteiger partial charge in [-0.1, -0.05) is 24.3 Å². The molecular formula is C44H30N6O6. The highest BCUT2D eigenvalue weighted by atomic mass is 16.6. The van der Waals surface area contributed by atoms with Crippen LogP contribution < -0.4 is 30.9 Å². The van der Waals surface area contributed by atoms with Crippen molar-refractivity contribution in [3.8, 4) is 23.0 Å². The maximum absolute atomic E-state index is 11.0. The number of hydrogen-bond acceptors (Lipinski definition) is 6. The van der Waals surface area contributed by atoms with Crippen molar-refractivity contribution in [1.29, 1.82) is 0 Å². The number of nitro benzene ring substituents is 2. The highest BCUT2D eigenvalue weighted by molar-refractivity contribution is 5.79. The molecule has 9 rings (SSSR count). The van der Waals surface area contributed by atoms with Crippen LogP contribution in [0.2, 0.25) is 0 Å². The summed E-state index contributed by atoms with van der Waals surface area (Å²) in [5.41, 5.74) is 7.50. The van der Waals surface area contributed by atoms with Crippen molar-refractivity contribution in [2.75, 3.05) is 0 Å². The van der Waals surface area contributed by atoms with Crippen LogP contribution in [-0.4, -0.2) is 29.8 Å². The first-order valence-electron chi connectivity index (χ1n) is 17.6. The molecule has 0 radical (unpaired) electrons. The van der Waals surface area contributed by atoms with Gasteiger partial charge in [-0.2, -0.15) is 0 Å². The lowest BCUT2D eigenvalue weighted by Crippen LogP contribution is -2.15. The second-order valence-electron chi connectivity index (χ2n) is 13.1. The predicted octanol–water partition coefficient (Wildman–Crippen LogP) is 6.87. The highest BCUT2D eigenvalue weighted by Crippen LogP contribution is 2.29. The van der Waals surface area contributed by atoms with Gasteiger partial charge in [0.05, 0.1) is 9.85 Å². The molecule has 56 heavy (non-hydrogen) atoms. The molecule has 8 aromatic rings. The van der Waals surface area contributed by atoms with Crippen LogP contribution in [0.1, 0.15) is 33.9 Å². The zero-order valence-corrected chi connectivity index (χ0v) is 29.4. The fourth-order valence-corrected chi connectivity index (χ4v) is 6.74. The Hall–Kier alpha value is -8.12. The molecule has 5 heterocycles. The van der Waals surface area contributed by atoms with Crippen molar-refractivity contribution in [2.24, 2.45) is 0 Å². The molecular weight excluding hydrogens is 709 g/mol. The first-order chi connectivity index (χ1) is 27.3. The second kappa shape index (κ2) is 14.0. The number of aromatic nitrogens is 4. The molecule has 12 heteroatoms. The summed E-state index contributed by atoms with van der Waals surface area (Å²) < 4.78 is 12.0. The molecule has 0 spiro atoms. The molecule has 1 aliphatic rings. The lowest BCUT2D eigenvalue weighted by Gasteiger charge is -2.09. The van der Waals surface area contributed by atoms with Crippen molar-refractivity contribution < 1.29 is 19.3 Å².